The first-order chi connectivity index (χ1) is 11.4. The second kappa shape index (κ2) is 5.06. The van der Waals surface area contributed by atoms with Gasteiger partial charge >= 0.3 is 0 Å². The van der Waals surface area contributed by atoms with Gasteiger partial charge in [-0.05, 0) is 71.6 Å². The van der Waals surface area contributed by atoms with E-state index in [2.05, 4.69) is 54.7 Å². The van der Waals surface area contributed by atoms with Gasteiger partial charge in [0.05, 0.1) is 5.69 Å². The van der Waals surface area contributed by atoms with Gasteiger partial charge in [0, 0.05) is 11.8 Å². The van der Waals surface area contributed by atoms with Gasteiger partial charge in [0.2, 0.25) is 0 Å². The summed E-state index contributed by atoms with van der Waals surface area (Å²) < 4.78 is 0. The number of hydrogen-bond acceptors (Lipinski definition) is 1. The first-order valence-corrected chi connectivity index (χ1v) is 8.58. The summed E-state index contributed by atoms with van der Waals surface area (Å²) in [5, 5.41) is 0. The molecule has 1 nitrogen and oxygen atoms in total. The van der Waals surface area contributed by atoms with E-state index < -0.39 is 0 Å². The van der Waals surface area contributed by atoms with Crippen molar-refractivity contribution in [1.82, 2.24) is 4.98 Å². The van der Waals surface area contributed by atoms with Crippen LogP contribution >= 0.6 is 0 Å². The van der Waals surface area contributed by atoms with Crippen molar-refractivity contribution >= 4 is 0 Å². The van der Waals surface area contributed by atoms with Crippen molar-refractivity contribution in [3.63, 3.8) is 0 Å². The van der Waals surface area contributed by atoms with Gasteiger partial charge in [-0.2, -0.15) is 0 Å². The molecule has 0 aliphatic heterocycles. The summed E-state index contributed by atoms with van der Waals surface area (Å²) in [6, 6.07) is 17.8. The Kier molecular flexibility index (Phi) is 2.87. The van der Waals surface area contributed by atoms with Gasteiger partial charge < -0.3 is 0 Å². The van der Waals surface area contributed by atoms with Crippen molar-refractivity contribution < 1.29 is 0 Å². The van der Waals surface area contributed by atoms with E-state index in [-0.39, 0.29) is 0 Å². The average molecular weight is 297 g/mol. The molecule has 0 amide bonds. The van der Waals surface area contributed by atoms with Crippen LogP contribution < -0.4 is 0 Å². The van der Waals surface area contributed by atoms with Crippen molar-refractivity contribution in [3.8, 4) is 22.4 Å². The lowest BCUT2D eigenvalue weighted by Crippen LogP contribution is -2.04. The summed E-state index contributed by atoms with van der Waals surface area (Å²) in [5.74, 6) is 0. The molecule has 0 saturated carbocycles. The second-order valence-corrected chi connectivity index (χ2v) is 6.71. The van der Waals surface area contributed by atoms with E-state index in [1.54, 1.807) is 0 Å². The van der Waals surface area contributed by atoms with Gasteiger partial charge in [-0.15, -0.1) is 0 Å². The Morgan fingerprint density at radius 3 is 2.43 bits per heavy atom. The molecule has 0 fully saturated rings. The Bertz CT molecular complexity index is 908. The molecule has 0 radical (unpaired) electrons. The normalized spacial score (nSPS) is 15.0. The van der Waals surface area contributed by atoms with E-state index in [4.69, 9.17) is 4.98 Å². The molecule has 0 saturated heterocycles. The number of aromatic nitrogens is 1. The number of nitrogens with zero attached hydrogens (tertiary/aromatic N) is 1. The SMILES string of the molecule is c1ccc2c(c1)Cc1c(-c3cc4c(cn3)CCCC4)cccc1-2. The molecule has 112 valence electrons. The minimum Gasteiger partial charge on any atom is -0.256 e. The molecule has 3 aromatic rings. The molecule has 0 atom stereocenters. The highest BCUT2D eigenvalue weighted by Gasteiger charge is 2.22. The van der Waals surface area contributed by atoms with Crippen LogP contribution in [0.5, 0.6) is 0 Å². The maximum atomic E-state index is 4.80. The van der Waals surface area contributed by atoms with Gasteiger partial charge in [-0.1, -0.05) is 42.5 Å². The molecule has 0 bridgehead atoms. The Labute approximate surface area is 137 Å². The third-order valence-corrected chi connectivity index (χ3v) is 5.35. The second-order valence-electron chi connectivity index (χ2n) is 6.71. The molecular formula is C22H19N. The van der Waals surface area contributed by atoms with Crippen LogP contribution in [0.4, 0.5) is 0 Å². The summed E-state index contributed by atoms with van der Waals surface area (Å²) in [6.45, 7) is 0. The fraction of sp³-hybridized carbons (Fsp3) is 0.227. The lowest BCUT2D eigenvalue weighted by atomic mass is 9.91. The van der Waals surface area contributed by atoms with Crippen LogP contribution in [0.15, 0.2) is 54.7 Å². The number of fused-ring (bicyclic) bond motifs is 4. The van der Waals surface area contributed by atoms with Crippen molar-refractivity contribution in [3.05, 3.63) is 77.0 Å². The Hall–Kier alpha value is -2.41. The van der Waals surface area contributed by atoms with Crippen LogP contribution in [0.2, 0.25) is 0 Å². The van der Waals surface area contributed by atoms with Crippen LogP contribution in [-0.2, 0) is 19.3 Å². The van der Waals surface area contributed by atoms with E-state index in [9.17, 15) is 0 Å². The van der Waals surface area contributed by atoms with E-state index in [1.165, 1.54) is 64.6 Å². The molecule has 0 N–H and O–H groups in total. The van der Waals surface area contributed by atoms with E-state index >= 15 is 0 Å². The van der Waals surface area contributed by atoms with Gasteiger partial charge in [0.15, 0.2) is 0 Å². The van der Waals surface area contributed by atoms with Crippen LogP contribution in [0.1, 0.15) is 35.1 Å². The molecule has 5 rings (SSSR count). The van der Waals surface area contributed by atoms with Crippen molar-refractivity contribution in [1.29, 1.82) is 0 Å². The molecule has 1 aromatic heterocycles. The molecule has 2 aliphatic carbocycles. The topological polar surface area (TPSA) is 12.9 Å². The fourth-order valence-corrected chi connectivity index (χ4v) is 4.16. The van der Waals surface area contributed by atoms with Gasteiger partial charge in [-0.3, -0.25) is 4.98 Å². The van der Waals surface area contributed by atoms with Crippen molar-refractivity contribution in [2.45, 2.75) is 32.1 Å². The third-order valence-electron chi connectivity index (χ3n) is 5.35. The number of hydrogen-bond donors (Lipinski definition) is 0. The highest BCUT2D eigenvalue weighted by molar-refractivity contribution is 5.84. The van der Waals surface area contributed by atoms with Crippen LogP contribution in [0, 0.1) is 0 Å². The smallest absolute Gasteiger partial charge is 0.0708 e. The number of benzene rings is 2. The minimum atomic E-state index is 1.03. The zero-order valence-electron chi connectivity index (χ0n) is 13.2. The third kappa shape index (κ3) is 2.03. The summed E-state index contributed by atoms with van der Waals surface area (Å²) in [6.07, 6.45) is 8.17. The van der Waals surface area contributed by atoms with Gasteiger partial charge in [-0.25, -0.2) is 0 Å². The Balaban J connectivity index is 1.66. The van der Waals surface area contributed by atoms with Gasteiger partial charge in [0.25, 0.3) is 0 Å². The van der Waals surface area contributed by atoms with Crippen molar-refractivity contribution in [2.24, 2.45) is 0 Å². The minimum absolute atomic E-state index is 1.03. The summed E-state index contributed by atoms with van der Waals surface area (Å²) in [4.78, 5) is 4.80. The molecule has 1 heteroatoms. The first-order valence-electron chi connectivity index (χ1n) is 8.58. The van der Waals surface area contributed by atoms with E-state index in [0.717, 1.165) is 12.1 Å². The molecule has 2 aromatic carbocycles. The Morgan fingerprint density at radius 2 is 1.48 bits per heavy atom. The molecule has 2 aliphatic rings. The van der Waals surface area contributed by atoms with Crippen LogP contribution in [-0.4, -0.2) is 4.98 Å². The number of aryl methyl sites for hydroxylation is 2. The lowest BCUT2D eigenvalue weighted by Gasteiger charge is -2.17. The lowest BCUT2D eigenvalue weighted by molar-refractivity contribution is 0.682. The molecule has 0 unspecified atom stereocenters. The average Bonchev–Trinajstić information content (AvgIpc) is 3.00. The quantitative estimate of drug-likeness (QED) is 0.470. The molecule has 0 spiro atoms. The summed E-state index contributed by atoms with van der Waals surface area (Å²) in [7, 11) is 0. The summed E-state index contributed by atoms with van der Waals surface area (Å²) >= 11 is 0. The predicted molar refractivity (Wildman–Crippen MR) is 94.6 cm³/mol. The maximum absolute atomic E-state index is 4.80. The van der Waals surface area contributed by atoms with Crippen LogP contribution in [0.25, 0.3) is 22.4 Å². The fourth-order valence-electron chi connectivity index (χ4n) is 4.16. The highest BCUT2D eigenvalue weighted by Crippen LogP contribution is 2.41. The van der Waals surface area contributed by atoms with Crippen molar-refractivity contribution in [2.75, 3.05) is 0 Å². The van der Waals surface area contributed by atoms with Crippen LogP contribution in [0.3, 0.4) is 0 Å². The highest BCUT2D eigenvalue weighted by atomic mass is 14.7. The predicted octanol–water partition coefficient (Wildman–Crippen LogP) is 5.20. The molecular weight excluding hydrogens is 278 g/mol. The number of pyridine rings is 1. The standard InChI is InChI=1S/C22H19N/c1-2-8-17-14-23-22(13-15(17)6-1)20-11-5-10-19-18-9-4-3-7-16(18)12-21(19)20/h3-5,7,9-11,13-14H,1-2,6,8,12H2. The first kappa shape index (κ1) is 13.1. The molecule has 1 heterocycles. The Morgan fingerprint density at radius 1 is 0.696 bits per heavy atom. The zero-order chi connectivity index (χ0) is 15.2. The maximum Gasteiger partial charge on any atom is 0.0708 e. The monoisotopic (exact) mass is 297 g/mol. The summed E-state index contributed by atoms with van der Waals surface area (Å²) in [5.41, 5.74) is 11.1. The zero-order valence-corrected chi connectivity index (χ0v) is 13.2. The van der Waals surface area contributed by atoms with E-state index in [0.29, 0.717) is 0 Å². The van der Waals surface area contributed by atoms with Gasteiger partial charge in [0.1, 0.15) is 0 Å². The largest absolute Gasteiger partial charge is 0.256 e. The number of rotatable bonds is 1. The molecule has 23 heavy (non-hydrogen) atoms. The van der Waals surface area contributed by atoms with E-state index in [1.807, 2.05) is 0 Å².